The first kappa shape index (κ1) is 18.6. The number of nitrogens with one attached hydrogen (secondary N) is 1. The first-order chi connectivity index (χ1) is 13.1. The van der Waals surface area contributed by atoms with Crippen molar-refractivity contribution in [2.24, 2.45) is 7.05 Å². The van der Waals surface area contributed by atoms with Crippen LogP contribution in [0.3, 0.4) is 0 Å². The molecule has 0 atom stereocenters. The predicted molar refractivity (Wildman–Crippen MR) is 103 cm³/mol. The van der Waals surface area contributed by atoms with Crippen LogP contribution in [-0.4, -0.2) is 43.3 Å². The van der Waals surface area contributed by atoms with Crippen molar-refractivity contribution in [3.63, 3.8) is 0 Å². The van der Waals surface area contributed by atoms with Crippen LogP contribution in [0.15, 0.2) is 36.4 Å². The third-order valence-electron chi connectivity index (χ3n) is 4.46. The lowest BCUT2D eigenvalue weighted by Gasteiger charge is -2.15. The summed E-state index contributed by atoms with van der Waals surface area (Å²) in [5.74, 6) is 1.91. The lowest BCUT2D eigenvalue weighted by molar-refractivity contribution is 0.0950. The van der Waals surface area contributed by atoms with Gasteiger partial charge in [-0.1, -0.05) is 12.1 Å². The van der Waals surface area contributed by atoms with Gasteiger partial charge in [-0.3, -0.25) is 4.79 Å². The van der Waals surface area contributed by atoms with Gasteiger partial charge in [0.05, 0.1) is 37.9 Å². The van der Waals surface area contributed by atoms with E-state index in [1.165, 1.54) is 21.3 Å². The molecule has 142 valence electrons. The highest BCUT2D eigenvalue weighted by atomic mass is 16.5. The number of carbonyl (C=O) groups excluding carboxylic acids is 1. The maximum atomic E-state index is 12.6. The summed E-state index contributed by atoms with van der Waals surface area (Å²) in [6.45, 7) is 0.452. The summed E-state index contributed by atoms with van der Waals surface area (Å²) in [5.41, 5.74) is 2.41. The lowest BCUT2D eigenvalue weighted by Crippen LogP contribution is -2.27. The molecule has 0 aliphatic carbocycles. The summed E-state index contributed by atoms with van der Waals surface area (Å²) in [6.07, 6.45) is 0.618. The molecule has 1 N–H and O–H groups in total. The van der Waals surface area contributed by atoms with Crippen LogP contribution in [0.25, 0.3) is 11.0 Å². The van der Waals surface area contributed by atoms with Crippen LogP contribution in [0.4, 0.5) is 0 Å². The van der Waals surface area contributed by atoms with Gasteiger partial charge in [-0.25, -0.2) is 4.98 Å². The molecule has 1 aromatic heterocycles. The van der Waals surface area contributed by atoms with Gasteiger partial charge in [-0.15, -0.1) is 0 Å². The first-order valence-electron chi connectivity index (χ1n) is 8.58. The Hall–Kier alpha value is -3.22. The molecule has 0 saturated carbocycles. The van der Waals surface area contributed by atoms with Crippen molar-refractivity contribution < 1.29 is 19.0 Å². The number of carbonyl (C=O) groups is 1. The second-order valence-electron chi connectivity index (χ2n) is 5.96. The number of hydrogen-bond donors (Lipinski definition) is 1. The number of fused-ring (bicyclic) bond motifs is 1. The molecule has 0 fully saturated rings. The van der Waals surface area contributed by atoms with Crippen LogP contribution in [0.2, 0.25) is 0 Å². The fourth-order valence-electron chi connectivity index (χ4n) is 3.08. The minimum absolute atomic E-state index is 0.244. The molecule has 0 unspecified atom stereocenters. The van der Waals surface area contributed by atoms with Crippen molar-refractivity contribution in [2.75, 3.05) is 27.9 Å². The number of aryl methyl sites for hydroxylation is 1. The Bertz CT molecular complexity index is 965. The van der Waals surface area contributed by atoms with Gasteiger partial charge in [0.2, 0.25) is 5.75 Å². The smallest absolute Gasteiger partial charge is 0.255 e. The van der Waals surface area contributed by atoms with E-state index in [0.717, 1.165) is 16.9 Å². The van der Waals surface area contributed by atoms with E-state index in [1.54, 1.807) is 12.1 Å². The van der Waals surface area contributed by atoms with Gasteiger partial charge in [0, 0.05) is 20.0 Å². The average Bonchev–Trinajstić information content (AvgIpc) is 3.02. The van der Waals surface area contributed by atoms with Gasteiger partial charge in [0.15, 0.2) is 11.5 Å². The van der Waals surface area contributed by atoms with Crippen molar-refractivity contribution in [3.05, 3.63) is 47.8 Å². The molecule has 1 heterocycles. The minimum Gasteiger partial charge on any atom is -0.493 e. The Morgan fingerprint density at radius 2 is 1.78 bits per heavy atom. The molecule has 0 spiro atoms. The number of imidazole rings is 1. The summed E-state index contributed by atoms with van der Waals surface area (Å²) >= 11 is 0. The summed E-state index contributed by atoms with van der Waals surface area (Å²) < 4.78 is 18.0. The normalized spacial score (nSPS) is 10.7. The van der Waals surface area contributed by atoms with Crippen molar-refractivity contribution in [1.29, 1.82) is 0 Å². The number of rotatable bonds is 7. The van der Waals surface area contributed by atoms with E-state index in [0.29, 0.717) is 35.8 Å². The van der Waals surface area contributed by atoms with Crippen molar-refractivity contribution >= 4 is 16.9 Å². The number of methoxy groups -OCH3 is 3. The Morgan fingerprint density at radius 3 is 2.44 bits per heavy atom. The number of para-hydroxylation sites is 2. The van der Waals surface area contributed by atoms with Crippen LogP contribution < -0.4 is 19.5 Å². The van der Waals surface area contributed by atoms with Crippen molar-refractivity contribution in [3.8, 4) is 17.2 Å². The van der Waals surface area contributed by atoms with Gasteiger partial charge in [0.1, 0.15) is 5.82 Å². The van der Waals surface area contributed by atoms with Crippen molar-refractivity contribution in [1.82, 2.24) is 14.9 Å². The van der Waals surface area contributed by atoms with Crippen LogP contribution in [0, 0.1) is 0 Å². The zero-order chi connectivity index (χ0) is 19.4. The highest BCUT2D eigenvalue weighted by Crippen LogP contribution is 2.39. The van der Waals surface area contributed by atoms with E-state index in [-0.39, 0.29) is 5.91 Å². The zero-order valence-corrected chi connectivity index (χ0v) is 15.9. The number of hydrogen-bond acceptors (Lipinski definition) is 5. The molecule has 3 aromatic rings. The molecule has 1 amide bonds. The van der Waals surface area contributed by atoms with Crippen molar-refractivity contribution in [2.45, 2.75) is 6.42 Å². The Balaban J connectivity index is 1.73. The number of ether oxygens (including phenoxy) is 3. The molecule has 0 aliphatic heterocycles. The zero-order valence-electron chi connectivity index (χ0n) is 15.9. The van der Waals surface area contributed by atoms with Gasteiger partial charge in [-0.05, 0) is 24.3 Å². The molecule has 0 radical (unpaired) electrons. The molecule has 7 nitrogen and oxygen atoms in total. The monoisotopic (exact) mass is 369 g/mol. The summed E-state index contributed by atoms with van der Waals surface area (Å²) in [6, 6.07) is 11.3. The highest BCUT2D eigenvalue weighted by Gasteiger charge is 2.20. The molecule has 27 heavy (non-hydrogen) atoms. The molecule has 0 saturated heterocycles. The molecule has 0 bridgehead atoms. The minimum atomic E-state index is -0.244. The average molecular weight is 369 g/mol. The van der Waals surface area contributed by atoms with E-state index >= 15 is 0 Å². The van der Waals surface area contributed by atoms with E-state index in [9.17, 15) is 4.79 Å². The molecule has 0 aliphatic rings. The summed E-state index contributed by atoms with van der Waals surface area (Å²) in [5, 5.41) is 2.91. The topological polar surface area (TPSA) is 74.6 Å². The molecule has 7 heteroatoms. The summed E-state index contributed by atoms with van der Waals surface area (Å²) in [7, 11) is 6.51. The molecule has 3 rings (SSSR count). The maximum Gasteiger partial charge on any atom is 0.255 e. The van der Waals surface area contributed by atoms with Crippen LogP contribution >= 0.6 is 0 Å². The van der Waals surface area contributed by atoms with Crippen LogP contribution in [0.1, 0.15) is 16.2 Å². The van der Waals surface area contributed by atoms with E-state index in [2.05, 4.69) is 10.3 Å². The molecular formula is C20H23N3O4. The van der Waals surface area contributed by atoms with E-state index in [4.69, 9.17) is 14.2 Å². The Kier molecular flexibility index (Phi) is 5.49. The van der Waals surface area contributed by atoms with Gasteiger partial charge in [-0.2, -0.15) is 0 Å². The van der Waals surface area contributed by atoms with Gasteiger partial charge >= 0.3 is 0 Å². The van der Waals surface area contributed by atoms with Gasteiger partial charge < -0.3 is 24.1 Å². The highest BCUT2D eigenvalue weighted by molar-refractivity contribution is 5.98. The van der Waals surface area contributed by atoms with E-state index in [1.807, 2.05) is 35.9 Å². The quantitative estimate of drug-likeness (QED) is 0.693. The maximum absolute atomic E-state index is 12.6. The SMILES string of the molecule is COc1ccc(C(=O)NCCc2nc3ccccc3n2C)c(OC)c1OC. The predicted octanol–water partition coefficient (Wildman–Crippen LogP) is 2.57. The third kappa shape index (κ3) is 3.53. The number of nitrogens with zero attached hydrogens (tertiary/aromatic N) is 2. The largest absolute Gasteiger partial charge is 0.493 e. The molecule has 2 aromatic carbocycles. The third-order valence-corrected chi connectivity index (χ3v) is 4.46. The number of amides is 1. The van der Waals surface area contributed by atoms with Crippen LogP contribution in [0.5, 0.6) is 17.2 Å². The summed E-state index contributed by atoms with van der Waals surface area (Å²) in [4.78, 5) is 17.2. The Labute approximate surface area is 157 Å². The van der Waals surface area contributed by atoms with Gasteiger partial charge in [0.25, 0.3) is 5.91 Å². The fourth-order valence-corrected chi connectivity index (χ4v) is 3.08. The molecular weight excluding hydrogens is 346 g/mol. The Morgan fingerprint density at radius 1 is 1.04 bits per heavy atom. The number of aromatic nitrogens is 2. The van der Waals surface area contributed by atoms with Crippen LogP contribution in [-0.2, 0) is 13.5 Å². The fraction of sp³-hybridized carbons (Fsp3) is 0.300. The lowest BCUT2D eigenvalue weighted by atomic mass is 10.1. The first-order valence-corrected chi connectivity index (χ1v) is 8.58. The second-order valence-corrected chi connectivity index (χ2v) is 5.96. The standard InChI is InChI=1S/C20H23N3O4/c1-23-15-8-6-5-7-14(15)22-17(23)11-12-21-20(24)13-9-10-16(25-2)19(27-4)18(13)26-3/h5-10H,11-12H2,1-4H3,(H,21,24). The van der Waals surface area contributed by atoms with E-state index < -0.39 is 0 Å². The number of benzene rings is 2. The second kappa shape index (κ2) is 7.99.